The van der Waals surface area contributed by atoms with Crippen LogP contribution >= 0.6 is 11.3 Å². The fraction of sp³-hybridized carbons (Fsp3) is 0.400. The summed E-state index contributed by atoms with van der Waals surface area (Å²) in [7, 11) is 0. The number of aryl methyl sites for hydroxylation is 1. The molecule has 0 aliphatic heterocycles. The maximum atomic E-state index is 12.2. The van der Waals surface area contributed by atoms with Gasteiger partial charge >= 0.3 is 0 Å². The smallest absolute Gasteiger partial charge is 0.252 e. The van der Waals surface area contributed by atoms with Gasteiger partial charge in [-0.05, 0) is 36.3 Å². The Morgan fingerprint density at radius 3 is 2.52 bits per heavy atom. The normalized spacial score (nSPS) is 18.8. The van der Waals surface area contributed by atoms with E-state index in [1.54, 1.807) is 0 Å². The fourth-order valence-electron chi connectivity index (χ4n) is 3.03. The third-order valence-electron chi connectivity index (χ3n) is 4.80. The summed E-state index contributed by atoms with van der Waals surface area (Å²) in [5, 5.41) is 5.35. The molecule has 2 amide bonds. The molecular weight excluding hydrogens is 332 g/mol. The van der Waals surface area contributed by atoms with Crippen molar-refractivity contribution in [2.75, 3.05) is 5.32 Å². The molecule has 1 aromatic carbocycles. The van der Waals surface area contributed by atoms with E-state index in [1.807, 2.05) is 17.5 Å². The third kappa shape index (κ3) is 3.93. The number of benzene rings is 1. The zero-order valence-corrected chi connectivity index (χ0v) is 15.5. The SMILES string of the molecule is CCCCc1ccc(-c2csc(NC(=O)C3CC3C)c2C(N)=O)cc1. The highest BCUT2D eigenvalue weighted by molar-refractivity contribution is 7.15. The van der Waals surface area contributed by atoms with E-state index in [0.717, 1.165) is 24.0 Å². The lowest BCUT2D eigenvalue weighted by molar-refractivity contribution is -0.117. The number of unbranched alkanes of at least 4 members (excludes halogenated alkanes) is 1. The van der Waals surface area contributed by atoms with Gasteiger partial charge in [0.05, 0.1) is 5.56 Å². The van der Waals surface area contributed by atoms with E-state index < -0.39 is 5.91 Å². The number of anilines is 1. The largest absolute Gasteiger partial charge is 0.365 e. The van der Waals surface area contributed by atoms with Crippen LogP contribution in [0.5, 0.6) is 0 Å². The zero-order chi connectivity index (χ0) is 18.0. The van der Waals surface area contributed by atoms with Crippen LogP contribution in [0.15, 0.2) is 29.6 Å². The fourth-order valence-corrected chi connectivity index (χ4v) is 4.01. The number of nitrogens with two attached hydrogens (primary N) is 1. The highest BCUT2D eigenvalue weighted by Gasteiger charge is 2.39. The first-order valence-corrected chi connectivity index (χ1v) is 9.70. The predicted molar refractivity (Wildman–Crippen MR) is 103 cm³/mol. The average Bonchev–Trinajstić information content (AvgIpc) is 3.18. The van der Waals surface area contributed by atoms with E-state index in [-0.39, 0.29) is 11.8 Å². The summed E-state index contributed by atoms with van der Waals surface area (Å²) in [6.07, 6.45) is 4.31. The van der Waals surface area contributed by atoms with Crippen molar-refractivity contribution in [3.8, 4) is 11.1 Å². The van der Waals surface area contributed by atoms with Crippen LogP contribution in [0.25, 0.3) is 11.1 Å². The molecule has 132 valence electrons. The predicted octanol–water partition coefficient (Wildman–Crippen LogP) is 4.45. The summed E-state index contributed by atoms with van der Waals surface area (Å²) in [6.45, 7) is 4.23. The lowest BCUT2D eigenvalue weighted by atomic mass is 10.0. The molecule has 4 nitrogen and oxygen atoms in total. The van der Waals surface area contributed by atoms with Crippen LogP contribution in [0.4, 0.5) is 5.00 Å². The van der Waals surface area contributed by atoms with Crippen LogP contribution in [0.3, 0.4) is 0 Å². The maximum absolute atomic E-state index is 12.2. The van der Waals surface area contributed by atoms with E-state index in [4.69, 9.17) is 5.73 Å². The van der Waals surface area contributed by atoms with Crippen LogP contribution < -0.4 is 11.1 Å². The van der Waals surface area contributed by atoms with Gasteiger partial charge in [0.2, 0.25) is 5.91 Å². The zero-order valence-electron chi connectivity index (χ0n) is 14.7. The number of hydrogen-bond donors (Lipinski definition) is 2. The Balaban J connectivity index is 1.83. The number of carbonyl (C=O) groups excluding carboxylic acids is 2. The molecule has 0 bridgehead atoms. The number of nitrogens with one attached hydrogen (secondary N) is 1. The molecule has 1 aliphatic carbocycles. The van der Waals surface area contributed by atoms with Crippen molar-refractivity contribution in [3.05, 3.63) is 40.8 Å². The second kappa shape index (κ2) is 7.40. The molecule has 5 heteroatoms. The molecule has 0 saturated heterocycles. The van der Waals surface area contributed by atoms with E-state index >= 15 is 0 Å². The second-order valence-electron chi connectivity index (χ2n) is 6.83. The quantitative estimate of drug-likeness (QED) is 0.769. The Labute approximate surface area is 152 Å². The Hall–Kier alpha value is -2.14. The minimum absolute atomic E-state index is 0.0155. The Morgan fingerprint density at radius 1 is 1.28 bits per heavy atom. The van der Waals surface area contributed by atoms with Gasteiger partial charge in [0.1, 0.15) is 5.00 Å². The summed E-state index contributed by atoms with van der Waals surface area (Å²) >= 11 is 1.36. The minimum Gasteiger partial charge on any atom is -0.365 e. The van der Waals surface area contributed by atoms with Crippen molar-refractivity contribution in [1.29, 1.82) is 0 Å². The summed E-state index contributed by atoms with van der Waals surface area (Å²) < 4.78 is 0. The monoisotopic (exact) mass is 356 g/mol. The minimum atomic E-state index is -0.509. The molecule has 2 aromatic rings. The number of hydrogen-bond acceptors (Lipinski definition) is 3. The molecular formula is C20H24N2O2S. The first-order valence-electron chi connectivity index (χ1n) is 8.82. The molecule has 1 aliphatic rings. The van der Waals surface area contributed by atoms with Gasteiger partial charge in [0.25, 0.3) is 5.91 Å². The van der Waals surface area contributed by atoms with Crippen LogP contribution in [-0.4, -0.2) is 11.8 Å². The van der Waals surface area contributed by atoms with Gasteiger partial charge in [-0.25, -0.2) is 0 Å². The lowest BCUT2D eigenvalue weighted by Crippen LogP contribution is -2.18. The lowest BCUT2D eigenvalue weighted by Gasteiger charge is -2.07. The van der Waals surface area contributed by atoms with Crippen molar-refractivity contribution >= 4 is 28.2 Å². The standard InChI is InChI=1S/C20H24N2O2S/c1-3-4-5-13-6-8-14(9-7-13)16-11-25-20(17(16)18(21)23)22-19(24)15-10-12(15)2/h6-9,11-12,15H,3-5,10H2,1-2H3,(H2,21,23)(H,22,24). The van der Waals surface area contributed by atoms with E-state index in [2.05, 4.69) is 31.3 Å². The first-order chi connectivity index (χ1) is 12.0. The van der Waals surface area contributed by atoms with Crippen molar-refractivity contribution in [1.82, 2.24) is 0 Å². The summed E-state index contributed by atoms with van der Waals surface area (Å²) in [5.74, 6) is -0.0416. The van der Waals surface area contributed by atoms with Crippen LogP contribution in [0.1, 0.15) is 49.0 Å². The Bertz CT molecular complexity index is 779. The molecule has 0 radical (unpaired) electrons. The van der Waals surface area contributed by atoms with Gasteiger partial charge in [-0.1, -0.05) is 44.5 Å². The van der Waals surface area contributed by atoms with Crippen LogP contribution in [0, 0.1) is 11.8 Å². The van der Waals surface area contributed by atoms with Gasteiger partial charge in [0, 0.05) is 16.9 Å². The van der Waals surface area contributed by atoms with Crippen LogP contribution in [0.2, 0.25) is 0 Å². The molecule has 1 saturated carbocycles. The number of carbonyl (C=O) groups is 2. The summed E-state index contributed by atoms with van der Waals surface area (Å²) in [4.78, 5) is 24.2. The van der Waals surface area contributed by atoms with Crippen LogP contribution in [-0.2, 0) is 11.2 Å². The maximum Gasteiger partial charge on any atom is 0.252 e. The molecule has 1 heterocycles. The van der Waals surface area contributed by atoms with Gasteiger partial charge < -0.3 is 11.1 Å². The molecule has 1 aromatic heterocycles. The van der Waals surface area contributed by atoms with Gasteiger partial charge in [0.15, 0.2) is 0 Å². The van der Waals surface area contributed by atoms with Gasteiger partial charge in [-0.2, -0.15) is 0 Å². The molecule has 25 heavy (non-hydrogen) atoms. The second-order valence-corrected chi connectivity index (χ2v) is 7.71. The van der Waals surface area contributed by atoms with E-state index in [0.29, 0.717) is 16.5 Å². The number of rotatable bonds is 7. The molecule has 2 unspecified atom stereocenters. The van der Waals surface area contributed by atoms with E-state index in [9.17, 15) is 9.59 Å². The highest BCUT2D eigenvalue weighted by atomic mass is 32.1. The highest BCUT2D eigenvalue weighted by Crippen LogP contribution is 2.40. The van der Waals surface area contributed by atoms with Gasteiger partial charge in [-0.15, -0.1) is 11.3 Å². The van der Waals surface area contributed by atoms with E-state index in [1.165, 1.54) is 29.7 Å². The average molecular weight is 356 g/mol. The number of primary amides is 1. The topological polar surface area (TPSA) is 72.2 Å². The van der Waals surface area contributed by atoms with Crippen molar-refractivity contribution in [3.63, 3.8) is 0 Å². The number of amides is 2. The molecule has 3 N–H and O–H groups in total. The van der Waals surface area contributed by atoms with Gasteiger partial charge in [-0.3, -0.25) is 9.59 Å². The van der Waals surface area contributed by atoms with Crippen molar-refractivity contribution in [2.45, 2.75) is 39.5 Å². The molecule has 0 spiro atoms. The number of thiophene rings is 1. The first kappa shape index (κ1) is 17.7. The Kier molecular flexibility index (Phi) is 5.23. The molecule has 2 atom stereocenters. The van der Waals surface area contributed by atoms with Crippen molar-refractivity contribution in [2.24, 2.45) is 17.6 Å². The summed E-state index contributed by atoms with van der Waals surface area (Å²) in [6, 6.07) is 8.23. The summed E-state index contributed by atoms with van der Waals surface area (Å²) in [5.41, 5.74) is 9.04. The Morgan fingerprint density at radius 2 is 1.96 bits per heavy atom. The third-order valence-corrected chi connectivity index (χ3v) is 5.70. The molecule has 1 fully saturated rings. The van der Waals surface area contributed by atoms with Crippen molar-refractivity contribution < 1.29 is 9.59 Å². The molecule has 3 rings (SSSR count).